The van der Waals surface area contributed by atoms with E-state index in [-0.39, 0.29) is 24.6 Å². The van der Waals surface area contributed by atoms with Crippen molar-refractivity contribution < 1.29 is 19.1 Å². The van der Waals surface area contributed by atoms with Crippen LogP contribution in [-0.4, -0.2) is 25.0 Å². The molecule has 0 atom stereocenters. The predicted molar refractivity (Wildman–Crippen MR) is 99.6 cm³/mol. The average molecular weight is 350 g/mol. The van der Waals surface area contributed by atoms with Gasteiger partial charge < -0.3 is 9.47 Å². The number of benzene rings is 2. The van der Waals surface area contributed by atoms with Crippen LogP contribution in [0.3, 0.4) is 0 Å². The van der Waals surface area contributed by atoms with Gasteiger partial charge in [-0.1, -0.05) is 54.3 Å². The van der Waals surface area contributed by atoms with Gasteiger partial charge in [-0.25, -0.2) is 0 Å². The summed E-state index contributed by atoms with van der Waals surface area (Å²) in [5, 5.41) is 0. The maximum absolute atomic E-state index is 12.0. The average Bonchev–Trinajstić information content (AvgIpc) is 2.67. The van der Waals surface area contributed by atoms with Crippen LogP contribution in [0, 0.1) is 11.8 Å². The van der Waals surface area contributed by atoms with Crippen molar-refractivity contribution in [3.05, 3.63) is 71.3 Å². The lowest BCUT2D eigenvalue weighted by molar-refractivity contribution is -0.143. The standard InChI is InChI=1S/C22H22O4/c1-2-26-22(24)15-14-21(23)20-12-10-18(11-13-20)9-6-16-25-17-19-7-4-3-5-8-19/h3-5,7-8,10-13H,2,14-17H2,1H3. The molecular weight excluding hydrogens is 328 g/mol. The van der Waals surface area contributed by atoms with Gasteiger partial charge in [-0.2, -0.15) is 0 Å². The Morgan fingerprint density at radius 2 is 1.69 bits per heavy atom. The summed E-state index contributed by atoms with van der Waals surface area (Å²) in [7, 11) is 0. The fourth-order valence-corrected chi connectivity index (χ4v) is 2.26. The Bertz CT molecular complexity index is 767. The van der Waals surface area contributed by atoms with Gasteiger partial charge in [0, 0.05) is 17.5 Å². The van der Waals surface area contributed by atoms with Gasteiger partial charge in [0.15, 0.2) is 5.78 Å². The van der Waals surface area contributed by atoms with Crippen LogP contribution in [0.5, 0.6) is 0 Å². The Kier molecular flexibility index (Phi) is 8.11. The minimum Gasteiger partial charge on any atom is -0.466 e. The summed E-state index contributed by atoms with van der Waals surface area (Å²) in [6.07, 6.45) is 0.254. The summed E-state index contributed by atoms with van der Waals surface area (Å²) in [5.41, 5.74) is 2.50. The predicted octanol–water partition coefficient (Wildman–Crippen LogP) is 3.78. The number of carbonyl (C=O) groups is 2. The number of ether oxygens (including phenoxy) is 2. The van der Waals surface area contributed by atoms with Crippen molar-refractivity contribution in [2.24, 2.45) is 0 Å². The number of esters is 1. The number of ketones is 1. The zero-order valence-electron chi connectivity index (χ0n) is 14.9. The zero-order chi connectivity index (χ0) is 18.6. The second kappa shape index (κ2) is 10.9. The summed E-state index contributed by atoms with van der Waals surface area (Å²) in [4.78, 5) is 23.3. The van der Waals surface area contributed by atoms with Crippen LogP contribution >= 0.6 is 0 Å². The van der Waals surface area contributed by atoms with Crippen molar-refractivity contribution >= 4 is 11.8 Å². The molecule has 0 bridgehead atoms. The van der Waals surface area contributed by atoms with Crippen LogP contribution < -0.4 is 0 Å². The van der Waals surface area contributed by atoms with E-state index in [4.69, 9.17) is 9.47 Å². The van der Waals surface area contributed by atoms with Gasteiger partial charge in [-0.3, -0.25) is 9.59 Å². The van der Waals surface area contributed by atoms with Gasteiger partial charge in [0.25, 0.3) is 0 Å². The smallest absolute Gasteiger partial charge is 0.306 e. The first-order valence-corrected chi connectivity index (χ1v) is 8.58. The summed E-state index contributed by atoms with van der Waals surface area (Å²) in [5.74, 6) is 5.53. The maximum Gasteiger partial charge on any atom is 0.306 e. The molecule has 0 fully saturated rings. The third-order valence-corrected chi connectivity index (χ3v) is 3.59. The highest BCUT2D eigenvalue weighted by atomic mass is 16.5. The third kappa shape index (κ3) is 6.92. The summed E-state index contributed by atoms with van der Waals surface area (Å²) in [6, 6.07) is 17.0. The topological polar surface area (TPSA) is 52.6 Å². The lowest BCUT2D eigenvalue weighted by Gasteiger charge is -2.02. The third-order valence-electron chi connectivity index (χ3n) is 3.59. The molecule has 0 aromatic heterocycles. The Balaban J connectivity index is 1.76. The van der Waals surface area contributed by atoms with Crippen molar-refractivity contribution in [2.75, 3.05) is 13.2 Å². The van der Waals surface area contributed by atoms with Gasteiger partial charge >= 0.3 is 5.97 Å². The minimum atomic E-state index is -0.348. The van der Waals surface area contributed by atoms with E-state index in [2.05, 4.69) is 11.8 Å². The van der Waals surface area contributed by atoms with Crippen LogP contribution in [-0.2, 0) is 20.9 Å². The van der Waals surface area contributed by atoms with Crippen LogP contribution in [0.2, 0.25) is 0 Å². The molecule has 0 aliphatic carbocycles. The molecule has 0 amide bonds. The number of hydrogen-bond acceptors (Lipinski definition) is 4. The molecule has 0 radical (unpaired) electrons. The maximum atomic E-state index is 12.0. The molecule has 4 heteroatoms. The molecule has 0 aliphatic rings. The Labute approximate surface area is 154 Å². The fraction of sp³-hybridized carbons (Fsp3) is 0.273. The highest BCUT2D eigenvalue weighted by Crippen LogP contribution is 2.08. The second-order valence-corrected chi connectivity index (χ2v) is 5.59. The summed E-state index contributed by atoms with van der Waals surface area (Å²) < 4.78 is 10.3. The second-order valence-electron chi connectivity index (χ2n) is 5.59. The number of hydrogen-bond donors (Lipinski definition) is 0. The molecule has 0 saturated carbocycles. The molecule has 2 aromatic carbocycles. The SMILES string of the molecule is CCOC(=O)CCC(=O)c1ccc(C#CCOCc2ccccc2)cc1. The van der Waals surface area contributed by atoms with E-state index in [9.17, 15) is 9.59 Å². The molecule has 0 spiro atoms. The number of rotatable bonds is 8. The van der Waals surface area contributed by atoms with Crippen LogP contribution in [0.4, 0.5) is 0 Å². The van der Waals surface area contributed by atoms with Gasteiger partial charge in [0.1, 0.15) is 6.61 Å². The Morgan fingerprint density at radius 1 is 0.962 bits per heavy atom. The van der Waals surface area contributed by atoms with Crippen LogP contribution in [0.25, 0.3) is 0 Å². The van der Waals surface area contributed by atoms with Crippen molar-refractivity contribution in [1.82, 2.24) is 0 Å². The molecule has 2 aromatic rings. The summed E-state index contributed by atoms with van der Waals surface area (Å²) in [6.45, 7) is 2.94. The highest BCUT2D eigenvalue weighted by Gasteiger charge is 2.09. The molecule has 134 valence electrons. The Morgan fingerprint density at radius 3 is 2.38 bits per heavy atom. The fourth-order valence-electron chi connectivity index (χ4n) is 2.26. The molecular formula is C22H22O4. The van der Waals surface area contributed by atoms with Gasteiger partial charge in [0.2, 0.25) is 0 Å². The van der Waals surface area contributed by atoms with E-state index in [0.717, 1.165) is 11.1 Å². The van der Waals surface area contributed by atoms with E-state index in [1.807, 2.05) is 30.3 Å². The molecule has 0 unspecified atom stereocenters. The van der Waals surface area contributed by atoms with Gasteiger partial charge in [0.05, 0.1) is 19.6 Å². The molecule has 0 N–H and O–H groups in total. The van der Waals surface area contributed by atoms with Crippen molar-refractivity contribution in [3.63, 3.8) is 0 Å². The number of Topliss-reactive ketones (excluding diaryl/α,β-unsaturated/α-hetero) is 1. The van der Waals surface area contributed by atoms with Gasteiger partial charge in [-0.05, 0) is 24.6 Å². The molecule has 4 nitrogen and oxygen atoms in total. The van der Waals surface area contributed by atoms with Crippen LogP contribution in [0.1, 0.15) is 41.3 Å². The van der Waals surface area contributed by atoms with Gasteiger partial charge in [-0.15, -0.1) is 0 Å². The first-order valence-electron chi connectivity index (χ1n) is 8.58. The summed E-state index contributed by atoms with van der Waals surface area (Å²) >= 11 is 0. The Hall–Kier alpha value is -2.90. The van der Waals surface area contributed by atoms with E-state index in [0.29, 0.717) is 25.4 Å². The first kappa shape index (κ1) is 19.4. The van der Waals surface area contributed by atoms with Crippen molar-refractivity contribution in [2.45, 2.75) is 26.4 Å². The quantitative estimate of drug-likeness (QED) is 0.315. The molecule has 26 heavy (non-hydrogen) atoms. The first-order chi connectivity index (χ1) is 12.7. The van der Waals surface area contributed by atoms with E-state index >= 15 is 0 Å². The molecule has 2 rings (SSSR count). The van der Waals surface area contributed by atoms with Crippen molar-refractivity contribution in [3.8, 4) is 11.8 Å². The largest absolute Gasteiger partial charge is 0.466 e. The van der Waals surface area contributed by atoms with E-state index in [1.54, 1.807) is 31.2 Å². The monoisotopic (exact) mass is 350 g/mol. The van der Waals surface area contributed by atoms with Crippen LogP contribution in [0.15, 0.2) is 54.6 Å². The lowest BCUT2D eigenvalue weighted by atomic mass is 10.0. The lowest BCUT2D eigenvalue weighted by Crippen LogP contribution is -2.07. The van der Waals surface area contributed by atoms with Crippen molar-refractivity contribution in [1.29, 1.82) is 0 Å². The molecule has 0 aliphatic heterocycles. The molecule has 0 saturated heterocycles. The minimum absolute atomic E-state index is 0.0799. The highest BCUT2D eigenvalue weighted by molar-refractivity contribution is 5.97. The van der Waals surface area contributed by atoms with E-state index < -0.39 is 0 Å². The molecule has 0 heterocycles. The zero-order valence-corrected chi connectivity index (χ0v) is 14.9. The number of carbonyl (C=O) groups excluding carboxylic acids is 2. The normalized spacial score (nSPS) is 9.88. The van der Waals surface area contributed by atoms with E-state index in [1.165, 1.54) is 0 Å².